The summed E-state index contributed by atoms with van der Waals surface area (Å²) in [5.41, 5.74) is 1.05. The second-order valence-corrected chi connectivity index (χ2v) is 8.07. The lowest BCUT2D eigenvalue weighted by molar-refractivity contribution is -0.153. The third kappa shape index (κ3) is 6.11. The van der Waals surface area contributed by atoms with E-state index in [1.807, 2.05) is 60.7 Å². The number of ether oxygens (including phenoxy) is 1. The quantitative estimate of drug-likeness (QED) is 0.378. The molecule has 1 aromatic heterocycles. The standard InChI is InChI=1S/C27H25N3O5/c31-24(29(17-21-11-5-2-6-12-21)16-15-20-9-3-1-4-10-20)19-35-25(32)18-30-27(34)23-14-8-7-13-22(23)26(33)28-30/h1-14H,15-19H2,(H,28,33). The summed E-state index contributed by atoms with van der Waals surface area (Å²) in [5.74, 6) is -1.15. The van der Waals surface area contributed by atoms with E-state index in [0.29, 0.717) is 19.5 Å². The highest BCUT2D eigenvalue weighted by Gasteiger charge is 2.18. The lowest BCUT2D eigenvalue weighted by Gasteiger charge is -2.23. The molecule has 3 aromatic carbocycles. The topological polar surface area (TPSA) is 101 Å². The Labute approximate surface area is 201 Å². The highest BCUT2D eigenvalue weighted by atomic mass is 16.5. The van der Waals surface area contributed by atoms with Crippen molar-refractivity contribution in [3.63, 3.8) is 0 Å². The Morgan fingerprint density at radius 2 is 1.40 bits per heavy atom. The van der Waals surface area contributed by atoms with Crippen LogP contribution in [0.15, 0.2) is 94.5 Å². The van der Waals surface area contributed by atoms with Crippen LogP contribution in [0.4, 0.5) is 0 Å². The number of amides is 1. The fourth-order valence-electron chi connectivity index (χ4n) is 3.77. The maximum atomic E-state index is 12.9. The largest absolute Gasteiger partial charge is 0.454 e. The van der Waals surface area contributed by atoms with Crippen LogP contribution in [0.5, 0.6) is 0 Å². The van der Waals surface area contributed by atoms with Crippen molar-refractivity contribution < 1.29 is 14.3 Å². The average molecular weight is 472 g/mol. The van der Waals surface area contributed by atoms with Gasteiger partial charge in [-0.25, -0.2) is 4.68 Å². The predicted octanol–water partition coefficient (Wildman–Crippen LogP) is 2.50. The molecule has 4 aromatic rings. The summed E-state index contributed by atoms with van der Waals surface area (Å²) in [7, 11) is 0. The van der Waals surface area contributed by atoms with E-state index in [1.165, 1.54) is 12.1 Å². The van der Waals surface area contributed by atoms with Crippen LogP contribution >= 0.6 is 0 Å². The molecular formula is C27H25N3O5. The van der Waals surface area contributed by atoms with E-state index >= 15 is 0 Å². The fourth-order valence-corrected chi connectivity index (χ4v) is 3.77. The van der Waals surface area contributed by atoms with Crippen molar-refractivity contribution in [2.75, 3.05) is 13.2 Å². The summed E-state index contributed by atoms with van der Waals surface area (Å²) >= 11 is 0. The van der Waals surface area contributed by atoms with Crippen LogP contribution in [0, 0.1) is 0 Å². The van der Waals surface area contributed by atoms with E-state index in [0.717, 1.165) is 15.8 Å². The van der Waals surface area contributed by atoms with Gasteiger partial charge in [0.25, 0.3) is 17.0 Å². The summed E-state index contributed by atoms with van der Waals surface area (Å²) in [5, 5.41) is 2.83. The molecule has 35 heavy (non-hydrogen) atoms. The van der Waals surface area contributed by atoms with Gasteiger partial charge < -0.3 is 9.64 Å². The first-order valence-corrected chi connectivity index (χ1v) is 11.2. The first-order chi connectivity index (χ1) is 17.0. The van der Waals surface area contributed by atoms with Crippen molar-refractivity contribution in [3.8, 4) is 0 Å². The van der Waals surface area contributed by atoms with Crippen molar-refractivity contribution in [2.24, 2.45) is 0 Å². The number of esters is 1. The number of hydrogen-bond donors (Lipinski definition) is 1. The first-order valence-electron chi connectivity index (χ1n) is 11.2. The van der Waals surface area contributed by atoms with Crippen LogP contribution < -0.4 is 11.1 Å². The van der Waals surface area contributed by atoms with Gasteiger partial charge in [0.2, 0.25) is 0 Å². The van der Waals surface area contributed by atoms with Gasteiger partial charge in [0, 0.05) is 13.1 Å². The second-order valence-electron chi connectivity index (χ2n) is 8.07. The van der Waals surface area contributed by atoms with Gasteiger partial charge in [0.15, 0.2) is 6.61 Å². The van der Waals surface area contributed by atoms with Gasteiger partial charge >= 0.3 is 5.97 Å². The summed E-state index contributed by atoms with van der Waals surface area (Å²) in [6, 6.07) is 25.7. The second kappa shape index (κ2) is 11.1. The van der Waals surface area contributed by atoms with Gasteiger partial charge in [-0.3, -0.25) is 24.3 Å². The number of H-pyrrole nitrogens is 1. The van der Waals surface area contributed by atoms with Crippen LogP contribution in [0.3, 0.4) is 0 Å². The zero-order valence-corrected chi connectivity index (χ0v) is 19.1. The van der Waals surface area contributed by atoms with Crippen molar-refractivity contribution in [1.82, 2.24) is 14.7 Å². The molecule has 0 radical (unpaired) electrons. The number of rotatable bonds is 9. The number of carbonyl (C=O) groups excluding carboxylic acids is 2. The van der Waals surface area contributed by atoms with Crippen molar-refractivity contribution in [2.45, 2.75) is 19.5 Å². The molecule has 0 atom stereocenters. The monoisotopic (exact) mass is 471 g/mol. The summed E-state index contributed by atoms with van der Waals surface area (Å²) in [4.78, 5) is 51.8. The van der Waals surface area contributed by atoms with Crippen LogP contribution in [0.2, 0.25) is 0 Å². The zero-order valence-electron chi connectivity index (χ0n) is 19.1. The Morgan fingerprint density at radius 1 is 0.800 bits per heavy atom. The molecule has 0 aliphatic rings. The maximum Gasteiger partial charge on any atom is 0.328 e. The van der Waals surface area contributed by atoms with Crippen molar-refractivity contribution in [1.29, 1.82) is 0 Å². The molecular weight excluding hydrogens is 446 g/mol. The van der Waals surface area contributed by atoms with E-state index in [2.05, 4.69) is 5.10 Å². The van der Waals surface area contributed by atoms with Crippen LogP contribution in [0.1, 0.15) is 11.1 Å². The molecule has 8 nitrogen and oxygen atoms in total. The molecule has 0 unspecified atom stereocenters. The van der Waals surface area contributed by atoms with Gasteiger partial charge in [-0.1, -0.05) is 72.8 Å². The molecule has 178 valence electrons. The predicted molar refractivity (Wildman–Crippen MR) is 132 cm³/mol. The third-order valence-corrected chi connectivity index (χ3v) is 5.61. The molecule has 1 heterocycles. The minimum absolute atomic E-state index is 0.204. The highest BCUT2D eigenvalue weighted by Crippen LogP contribution is 2.08. The van der Waals surface area contributed by atoms with Gasteiger partial charge in [-0.05, 0) is 29.7 Å². The SMILES string of the molecule is O=C(Cn1[nH]c(=O)c2ccccc2c1=O)OCC(=O)N(CCc1ccccc1)Cc1ccccc1. The Hall–Kier alpha value is -4.46. The van der Waals surface area contributed by atoms with E-state index in [4.69, 9.17) is 4.74 Å². The first kappa shape index (κ1) is 23.7. The van der Waals surface area contributed by atoms with E-state index in [-0.39, 0.29) is 16.7 Å². The molecule has 4 rings (SSSR count). The minimum Gasteiger partial charge on any atom is -0.454 e. The molecule has 0 saturated heterocycles. The summed E-state index contributed by atoms with van der Waals surface area (Å²) < 4.78 is 6.07. The molecule has 0 aliphatic carbocycles. The molecule has 0 aliphatic heterocycles. The molecule has 0 spiro atoms. The number of carbonyl (C=O) groups is 2. The van der Waals surface area contributed by atoms with Crippen molar-refractivity contribution in [3.05, 3.63) is 117 Å². The lowest BCUT2D eigenvalue weighted by Crippen LogP contribution is -2.37. The van der Waals surface area contributed by atoms with Crippen LogP contribution in [-0.2, 0) is 33.8 Å². The molecule has 8 heteroatoms. The third-order valence-electron chi connectivity index (χ3n) is 5.61. The maximum absolute atomic E-state index is 12.9. The molecule has 0 saturated carbocycles. The number of fused-ring (bicyclic) bond motifs is 1. The van der Waals surface area contributed by atoms with Crippen LogP contribution in [0.25, 0.3) is 10.8 Å². The minimum atomic E-state index is -0.797. The lowest BCUT2D eigenvalue weighted by atomic mass is 10.1. The molecule has 1 amide bonds. The smallest absolute Gasteiger partial charge is 0.328 e. The number of nitrogens with one attached hydrogen (secondary N) is 1. The summed E-state index contributed by atoms with van der Waals surface area (Å²) in [6.07, 6.45) is 0.654. The van der Waals surface area contributed by atoms with Gasteiger partial charge in [0.1, 0.15) is 6.54 Å². The van der Waals surface area contributed by atoms with Crippen LogP contribution in [-0.4, -0.2) is 39.7 Å². The Kier molecular flexibility index (Phi) is 7.52. The van der Waals surface area contributed by atoms with Crippen molar-refractivity contribution >= 4 is 22.6 Å². The summed E-state index contributed by atoms with van der Waals surface area (Å²) in [6.45, 7) is -0.143. The highest BCUT2D eigenvalue weighted by molar-refractivity contribution is 5.82. The Balaban J connectivity index is 1.41. The average Bonchev–Trinajstić information content (AvgIpc) is 2.89. The fraction of sp³-hybridized carbons (Fsp3) is 0.185. The van der Waals surface area contributed by atoms with Gasteiger partial charge in [0.05, 0.1) is 10.8 Å². The number of benzene rings is 3. The van der Waals surface area contributed by atoms with E-state index in [9.17, 15) is 19.2 Å². The zero-order chi connectivity index (χ0) is 24.6. The number of aromatic amines is 1. The normalized spacial score (nSPS) is 10.7. The number of aromatic nitrogens is 2. The van der Waals surface area contributed by atoms with Gasteiger partial charge in [-0.2, -0.15) is 0 Å². The van der Waals surface area contributed by atoms with Gasteiger partial charge in [-0.15, -0.1) is 0 Å². The van der Waals surface area contributed by atoms with E-state index in [1.54, 1.807) is 17.0 Å². The Bertz CT molecular complexity index is 1430. The van der Waals surface area contributed by atoms with E-state index < -0.39 is 30.2 Å². The molecule has 1 N–H and O–H groups in total. The Morgan fingerprint density at radius 3 is 2.09 bits per heavy atom. The molecule has 0 fully saturated rings. The number of nitrogens with zero attached hydrogens (tertiary/aromatic N) is 2. The number of hydrogen-bond acceptors (Lipinski definition) is 5. The molecule has 0 bridgehead atoms.